The molecular weight excluding hydrogens is 256 g/mol. The average molecular weight is 278 g/mol. The first-order valence-corrected chi connectivity index (χ1v) is 7.07. The van der Waals surface area contributed by atoms with Gasteiger partial charge in [0.25, 0.3) is 0 Å². The molecule has 2 N–H and O–H groups in total. The van der Waals surface area contributed by atoms with Crippen molar-refractivity contribution in [2.75, 3.05) is 26.4 Å². The third-order valence-corrected chi connectivity index (χ3v) is 3.15. The molecule has 110 valence electrons. The number of carbonyl (C=O) groups excluding carboxylic acids is 1. The van der Waals surface area contributed by atoms with Crippen molar-refractivity contribution < 1.29 is 14.3 Å². The smallest absolute Gasteiger partial charge is 0.221 e. The van der Waals surface area contributed by atoms with Gasteiger partial charge >= 0.3 is 0 Å². The van der Waals surface area contributed by atoms with Crippen LogP contribution in [-0.4, -0.2) is 38.3 Å². The van der Waals surface area contributed by atoms with Crippen LogP contribution in [0.4, 0.5) is 0 Å². The van der Waals surface area contributed by atoms with Gasteiger partial charge in [0.1, 0.15) is 5.75 Å². The van der Waals surface area contributed by atoms with Gasteiger partial charge in [-0.1, -0.05) is 12.1 Å². The van der Waals surface area contributed by atoms with Crippen molar-refractivity contribution in [2.24, 2.45) is 0 Å². The molecule has 2 rings (SSSR count). The lowest BCUT2D eigenvalue weighted by molar-refractivity contribution is -0.122. The fourth-order valence-electron chi connectivity index (χ4n) is 2.12. The van der Waals surface area contributed by atoms with Crippen molar-refractivity contribution in [2.45, 2.75) is 25.9 Å². The van der Waals surface area contributed by atoms with E-state index < -0.39 is 0 Å². The van der Waals surface area contributed by atoms with Crippen LogP contribution in [0.2, 0.25) is 0 Å². The van der Waals surface area contributed by atoms with Crippen molar-refractivity contribution in [3.63, 3.8) is 0 Å². The van der Waals surface area contributed by atoms with Crippen molar-refractivity contribution >= 4 is 5.91 Å². The van der Waals surface area contributed by atoms with Gasteiger partial charge in [-0.15, -0.1) is 0 Å². The molecule has 1 aliphatic heterocycles. The molecule has 20 heavy (non-hydrogen) atoms. The van der Waals surface area contributed by atoms with E-state index in [-0.39, 0.29) is 11.9 Å². The average Bonchev–Trinajstić information content (AvgIpc) is 2.48. The monoisotopic (exact) mass is 278 g/mol. The molecule has 0 saturated carbocycles. The maximum atomic E-state index is 11.8. The predicted octanol–water partition coefficient (Wildman–Crippen LogP) is 1.08. The summed E-state index contributed by atoms with van der Waals surface area (Å²) in [5.74, 6) is 0.896. The molecule has 1 aliphatic rings. The minimum Gasteiger partial charge on any atom is -0.494 e. The largest absolute Gasteiger partial charge is 0.494 e. The summed E-state index contributed by atoms with van der Waals surface area (Å²) >= 11 is 0. The van der Waals surface area contributed by atoms with E-state index in [1.807, 2.05) is 31.2 Å². The Kier molecular flexibility index (Phi) is 5.83. The molecule has 1 unspecified atom stereocenters. The summed E-state index contributed by atoms with van der Waals surface area (Å²) in [4.78, 5) is 11.8. The standard InChI is InChI=1S/C15H22N2O3/c1-2-20-14-5-3-12(4-6-14)10-17-15(18)9-13-11-19-8-7-16-13/h3-6,13,16H,2,7-11H2,1H3,(H,17,18). The van der Waals surface area contributed by atoms with Gasteiger partial charge in [0.15, 0.2) is 0 Å². The second-order valence-corrected chi connectivity index (χ2v) is 4.78. The Morgan fingerprint density at radius 1 is 1.45 bits per heavy atom. The molecule has 1 fully saturated rings. The van der Waals surface area contributed by atoms with Crippen LogP contribution in [-0.2, 0) is 16.1 Å². The van der Waals surface area contributed by atoms with Gasteiger partial charge in [0.05, 0.1) is 19.8 Å². The number of benzene rings is 1. The molecule has 5 heteroatoms. The fraction of sp³-hybridized carbons (Fsp3) is 0.533. The number of rotatable bonds is 6. The number of carbonyl (C=O) groups is 1. The zero-order valence-electron chi connectivity index (χ0n) is 11.9. The van der Waals surface area contributed by atoms with Gasteiger partial charge < -0.3 is 20.1 Å². The summed E-state index contributed by atoms with van der Waals surface area (Å²) in [5, 5.41) is 6.19. The van der Waals surface area contributed by atoms with Crippen LogP contribution < -0.4 is 15.4 Å². The zero-order chi connectivity index (χ0) is 14.2. The number of nitrogens with one attached hydrogen (secondary N) is 2. The molecule has 0 aliphatic carbocycles. The van der Waals surface area contributed by atoms with Gasteiger partial charge in [-0.25, -0.2) is 0 Å². The van der Waals surface area contributed by atoms with Crippen molar-refractivity contribution in [3.8, 4) is 5.75 Å². The first-order valence-electron chi connectivity index (χ1n) is 7.07. The Morgan fingerprint density at radius 3 is 2.90 bits per heavy atom. The maximum Gasteiger partial charge on any atom is 0.221 e. The van der Waals surface area contributed by atoms with Crippen LogP contribution in [0.15, 0.2) is 24.3 Å². The predicted molar refractivity (Wildman–Crippen MR) is 76.7 cm³/mol. The van der Waals surface area contributed by atoms with Crippen LogP contribution in [0.3, 0.4) is 0 Å². The molecule has 1 aromatic rings. The normalized spacial score (nSPS) is 18.6. The van der Waals surface area contributed by atoms with Crippen molar-refractivity contribution in [1.82, 2.24) is 10.6 Å². The Balaban J connectivity index is 1.72. The fourth-order valence-corrected chi connectivity index (χ4v) is 2.12. The highest BCUT2D eigenvalue weighted by molar-refractivity contribution is 5.76. The van der Waals surface area contributed by atoms with E-state index in [9.17, 15) is 4.79 Å². The Morgan fingerprint density at radius 2 is 2.25 bits per heavy atom. The minimum absolute atomic E-state index is 0.0434. The summed E-state index contributed by atoms with van der Waals surface area (Å²) < 4.78 is 10.7. The zero-order valence-corrected chi connectivity index (χ0v) is 11.9. The molecule has 0 bridgehead atoms. The van der Waals surface area contributed by atoms with E-state index in [2.05, 4.69) is 10.6 Å². The van der Waals surface area contributed by atoms with Crippen molar-refractivity contribution in [1.29, 1.82) is 0 Å². The lowest BCUT2D eigenvalue weighted by Crippen LogP contribution is -2.44. The van der Waals surface area contributed by atoms with Gasteiger partial charge in [-0.05, 0) is 24.6 Å². The SMILES string of the molecule is CCOc1ccc(CNC(=O)CC2COCCN2)cc1. The highest BCUT2D eigenvalue weighted by Crippen LogP contribution is 2.11. The quantitative estimate of drug-likeness (QED) is 0.817. The Bertz CT molecular complexity index is 414. The number of hydrogen-bond donors (Lipinski definition) is 2. The van der Waals surface area contributed by atoms with Crippen LogP contribution in [0.25, 0.3) is 0 Å². The third-order valence-electron chi connectivity index (χ3n) is 3.15. The Labute approximate surface area is 119 Å². The molecule has 1 heterocycles. The van der Waals surface area contributed by atoms with Gasteiger partial charge in [-0.2, -0.15) is 0 Å². The Hall–Kier alpha value is -1.59. The summed E-state index contributed by atoms with van der Waals surface area (Å²) in [7, 11) is 0. The maximum absolute atomic E-state index is 11.8. The summed E-state index contributed by atoms with van der Waals surface area (Å²) in [6.45, 7) is 5.31. The molecule has 0 aromatic heterocycles. The molecule has 5 nitrogen and oxygen atoms in total. The van der Waals surface area contributed by atoms with E-state index >= 15 is 0 Å². The number of hydrogen-bond acceptors (Lipinski definition) is 4. The molecule has 1 aromatic carbocycles. The summed E-state index contributed by atoms with van der Waals surface area (Å²) in [5.41, 5.74) is 1.06. The minimum atomic E-state index is 0.0434. The van der Waals surface area contributed by atoms with Crippen LogP contribution in [0, 0.1) is 0 Å². The topological polar surface area (TPSA) is 59.6 Å². The highest BCUT2D eigenvalue weighted by atomic mass is 16.5. The first kappa shape index (κ1) is 14.8. The number of morpholine rings is 1. The van der Waals surface area contributed by atoms with E-state index in [1.54, 1.807) is 0 Å². The van der Waals surface area contributed by atoms with Crippen LogP contribution in [0.1, 0.15) is 18.9 Å². The molecule has 0 radical (unpaired) electrons. The number of amides is 1. The van der Waals surface area contributed by atoms with Crippen LogP contribution >= 0.6 is 0 Å². The molecule has 1 saturated heterocycles. The summed E-state index contributed by atoms with van der Waals surface area (Å²) in [6, 6.07) is 7.90. The third kappa shape index (κ3) is 4.83. The second kappa shape index (κ2) is 7.87. The summed E-state index contributed by atoms with van der Waals surface area (Å²) in [6.07, 6.45) is 0.455. The first-order chi connectivity index (χ1) is 9.78. The van der Waals surface area contributed by atoms with E-state index in [0.29, 0.717) is 26.2 Å². The lowest BCUT2D eigenvalue weighted by Gasteiger charge is -2.23. The lowest BCUT2D eigenvalue weighted by atomic mass is 10.1. The van der Waals surface area contributed by atoms with E-state index in [4.69, 9.17) is 9.47 Å². The van der Waals surface area contributed by atoms with Gasteiger partial charge in [-0.3, -0.25) is 4.79 Å². The van der Waals surface area contributed by atoms with Gasteiger partial charge in [0.2, 0.25) is 5.91 Å². The highest BCUT2D eigenvalue weighted by Gasteiger charge is 2.16. The molecular formula is C15H22N2O3. The molecule has 1 amide bonds. The van der Waals surface area contributed by atoms with Gasteiger partial charge in [0, 0.05) is 25.6 Å². The van der Waals surface area contributed by atoms with Crippen molar-refractivity contribution in [3.05, 3.63) is 29.8 Å². The van der Waals surface area contributed by atoms with E-state index in [1.165, 1.54) is 0 Å². The second-order valence-electron chi connectivity index (χ2n) is 4.78. The number of ether oxygens (including phenoxy) is 2. The molecule has 1 atom stereocenters. The molecule has 0 spiro atoms. The van der Waals surface area contributed by atoms with Crippen LogP contribution in [0.5, 0.6) is 5.75 Å². The van der Waals surface area contributed by atoms with E-state index in [0.717, 1.165) is 24.5 Å².